The third-order valence-electron chi connectivity index (χ3n) is 3.51. The van der Waals surface area contributed by atoms with Gasteiger partial charge in [0.25, 0.3) is 0 Å². The van der Waals surface area contributed by atoms with Crippen LogP contribution in [0, 0.1) is 5.92 Å². The molecule has 0 radical (unpaired) electrons. The van der Waals surface area contributed by atoms with E-state index in [0.29, 0.717) is 10.4 Å². The molecule has 2 unspecified atom stereocenters. The molecule has 18 heavy (non-hydrogen) atoms. The van der Waals surface area contributed by atoms with Crippen molar-refractivity contribution >= 4 is 27.8 Å². The molecule has 0 bridgehead atoms. The van der Waals surface area contributed by atoms with Crippen molar-refractivity contribution in [2.24, 2.45) is 5.92 Å². The summed E-state index contributed by atoms with van der Waals surface area (Å²) in [5.74, 6) is -1.19. The van der Waals surface area contributed by atoms with Crippen LogP contribution in [0.15, 0.2) is 21.2 Å². The van der Waals surface area contributed by atoms with Crippen molar-refractivity contribution in [1.82, 2.24) is 4.90 Å². The maximum atomic E-state index is 12.0. The number of carbonyl (C=O) groups excluding carboxylic acids is 1. The number of carboxylic acids is 1. The number of carbonyl (C=O) groups is 2. The van der Waals surface area contributed by atoms with Crippen molar-refractivity contribution in [3.05, 3.63) is 22.6 Å². The van der Waals surface area contributed by atoms with Crippen molar-refractivity contribution in [3.8, 4) is 0 Å². The number of likely N-dealkylation sites (tertiary alicyclic amines) is 1. The number of aliphatic carboxylic acids is 1. The van der Waals surface area contributed by atoms with Crippen LogP contribution in [0.4, 0.5) is 0 Å². The van der Waals surface area contributed by atoms with Gasteiger partial charge in [0, 0.05) is 12.5 Å². The summed E-state index contributed by atoms with van der Waals surface area (Å²) in [6.07, 6.45) is 1.97. The Bertz CT molecular complexity index is 508. The highest BCUT2D eigenvalue weighted by Crippen LogP contribution is 2.45. The van der Waals surface area contributed by atoms with Crippen molar-refractivity contribution < 1.29 is 19.1 Å². The Morgan fingerprint density at radius 1 is 1.44 bits per heavy atom. The van der Waals surface area contributed by atoms with E-state index >= 15 is 0 Å². The van der Waals surface area contributed by atoms with Gasteiger partial charge in [0.15, 0.2) is 4.67 Å². The minimum atomic E-state index is -0.941. The zero-order chi connectivity index (χ0) is 12.9. The van der Waals surface area contributed by atoms with E-state index in [1.54, 1.807) is 17.0 Å². The lowest BCUT2D eigenvalue weighted by atomic mass is 9.98. The highest BCUT2D eigenvalue weighted by Gasteiger charge is 2.51. The Hall–Kier alpha value is -1.30. The largest absolute Gasteiger partial charge is 0.481 e. The van der Waals surface area contributed by atoms with Gasteiger partial charge in [-0.25, -0.2) is 0 Å². The first-order valence-corrected chi connectivity index (χ1v) is 6.66. The molecular weight excluding hydrogens is 302 g/mol. The number of halogens is 1. The minimum Gasteiger partial charge on any atom is -0.481 e. The lowest BCUT2D eigenvalue weighted by molar-refractivity contribution is -0.143. The van der Waals surface area contributed by atoms with Gasteiger partial charge in [0.2, 0.25) is 5.91 Å². The highest BCUT2D eigenvalue weighted by atomic mass is 79.9. The standard InChI is InChI=1S/C12H12BrNO4/c13-9-4-3-8(18-9)11-7(12(16)17)5-10(15)14(11)6-1-2-6/h3-4,6-7,11H,1-2,5H2,(H,16,17). The Labute approximate surface area is 112 Å². The predicted octanol–water partition coefficient (Wildman–Crippen LogP) is 2.18. The number of furan rings is 1. The molecule has 6 heteroatoms. The smallest absolute Gasteiger partial charge is 0.309 e. The molecule has 1 saturated carbocycles. The maximum Gasteiger partial charge on any atom is 0.309 e. The zero-order valence-corrected chi connectivity index (χ0v) is 11.1. The SMILES string of the molecule is O=C(O)C1CC(=O)N(C2CC2)C1c1ccc(Br)o1. The molecule has 1 aromatic rings. The van der Waals surface area contributed by atoms with Gasteiger partial charge in [-0.1, -0.05) is 0 Å². The third kappa shape index (κ3) is 1.84. The van der Waals surface area contributed by atoms with E-state index in [0.717, 1.165) is 12.8 Å². The monoisotopic (exact) mass is 313 g/mol. The molecule has 2 heterocycles. The second kappa shape index (κ2) is 4.12. The van der Waals surface area contributed by atoms with Gasteiger partial charge in [0.1, 0.15) is 11.8 Å². The lowest BCUT2D eigenvalue weighted by Gasteiger charge is -2.24. The van der Waals surface area contributed by atoms with Gasteiger partial charge in [0.05, 0.1) is 5.92 Å². The van der Waals surface area contributed by atoms with Crippen molar-refractivity contribution in [1.29, 1.82) is 0 Å². The fourth-order valence-electron chi connectivity index (χ4n) is 2.58. The molecule has 96 valence electrons. The summed E-state index contributed by atoms with van der Waals surface area (Å²) in [7, 11) is 0. The maximum absolute atomic E-state index is 12.0. The average molecular weight is 314 g/mol. The summed E-state index contributed by atoms with van der Waals surface area (Å²) < 4.78 is 6.02. The molecule has 5 nitrogen and oxygen atoms in total. The minimum absolute atomic E-state index is 0.0643. The molecule has 2 fully saturated rings. The molecule has 2 atom stereocenters. The van der Waals surface area contributed by atoms with Crippen LogP contribution in [0.5, 0.6) is 0 Å². The summed E-state index contributed by atoms with van der Waals surface area (Å²) in [5, 5.41) is 9.26. The van der Waals surface area contributed by atoms with Gasteiger partial charge in [-0.2, -0.15) is 0 Å². The van der Waals surface area contributed by atoms with E-state index in [-0.39, 0.29) is 18.4 Å². The molecule has 0 spiro atoms. The van der Waals surface area contributed by atoms with E-state index in [2.05, 4.69) is 15.9 Å². The van der Waals surface area contributed by atoms with Crippen LogP contribution in [0.25, 0.3) is 0 Å². The molecule has 1 amide bonds. The quantitative estimate of drug-likeness (QED) is 0.928. The number of carboxylic acid groups (broad SMARTS) is 1. The Morgan fingerprint density at radius 3 is 2.67 bits per heavy atom. The molecule has 1 N–H and O–H groups in total. The first-order chi connectivity index (χ1) is 8.58. The molecule has 1 aromatic heterocycles. The summed E-state index contributed by atoms with van der Waals surface area (Å²) in [6, 6.07) is 3.19. The fourth-order valence-corrected chi connectivity index (χ4v) is 2.90. The molecule has 0 aromatic carbocycles. The van der Waals surface area contributed by atoms with Crippen LogP contribution in [-0.4, -0.2) is 27.9 Å². The number of hydrogen-bond donors (Lipinski definition) is 1. The topological polar surface area (TPSA) is 70.8 Å². The first-order valence-electron chi connectivity index (χ1n) is 5.87. The van der Waals surface area contributed by atoms with Crippen LogP contribution in [0.1, 0.15) is 31.1 Å². The molecule has 1 saturated heterocycles. The Balaban J connectivity index is 1.98. The van der Waals surface area contributed by atoms with E-state index in [9.17, 15) is 14.7 Å². The van der Waals surface area contributed by atoms with E-state index < -0.39 is 17.9 Å². The fraction of sp³-hybridized carbons (Fsp3) is 0.500. The number of amides is 1. The summed E-state index contributed by atoms with van der Waals surface area (Å²) in [4.78, 5) is 25.0. The van der Waals surface area contributed by atoms with Crippen molar-refractivity contribution in [2.45, 2.75) is 31.3 Å². The summed E-state index contributed by atoms with van der Waals surface area (Å²) >= 11 is 3.21. The van der Waals surface area contributed by atoms with E-state index in [4.69, 9.17) is 4.42 Å². The summed E-state index contributed by atoms with van der Waals surface area (Å²) in [5.41, 5.74) is 0. The number of nitrogens with zero attached hydrogens (tertiary/aromatic N) is 1. The Kier molecular flexibility index (Phi) is 2.69. The number of hydrogen-bond acceptors (Lipinski definition) is 3. The van der Waals surface area contributed by atoms with Crippen LogP contribution >= 0.6 is 15.9 Å². The van der Waals surface area contributed by atoms with Gasteiger partial charge in [-0.05, 0) is 40.9 Å². The van der Waals surface area contributed by atoms with Crippen LogP contribution in [0.3, 0.4) is 0 Å². The van der Waals surface area contributed by atoms with Gasteiger partial charge in [-0.15, -0.1) is 0 Å². The van der Waals surface area contributed by atoms with Crippen LogP contribution in [0.2, 0.25) is 0 Å². The zero-order valence-electron chi connectivity index (χ0n) is 9.51. The van der Waals surface area contributed by atoms with Crippen LogP contribution < -0.4 is 0 Å². The predicted molar refractivity (Wildman–Crippen MR) is 64.8 cm³/mol. The van der Waals surface area contributed by atoms with Crippen molar-refractivity contribution in [3.63, 3.8) is 0 Å². The second-order valence-electron chi connectivity index (χ2n) is 4.77. The second-order valence-corrected chi connectivity index (χ2v) is 5.55. The average Bonchev–Trinajstić information content (AvgIpc) is 2.95. The van der Waals surface area contributed by atoms with Gasteiger partial charge < -0.3 is 14.4 Å². The lowest BCUT2D eigenvalue weighted by Crippen LogP contribution is -2.32. The third-order valence-corrected chi connectivity index (χ3v) is 3.93. The first kappa shape index (κ1) is 11.8. The molecule has 2 aliphatic rings. The molecule has 3 rings (SSSR count). The molecule has 1 aliphatic heterocycles. The van der Waals surface area contributed by atoms with E-state index in [1.807, 2.05) is 0 Å². The summed E-state index contributed by atoms with van der Waals surface area (Å²) in [6.45, 7) is 0. The van der Waals surface area contributed by atoms with E-state index in [1.165, 1.54) is 0 Å². The van der Waals surface area contributed by atoms with Gasteiger partial charge >= 0.3 is 5.97 Å². The molecule has 1 aliphatic carbocycles. The highest BCUT2D eigenvalue weighted by molar-refractivity contribution is 9.10. The van der Waals surface area contributed by atoms with Gasteiger partial charge in [-0.3, -0.25) is 9.59 Å². The Morgan fingerprint density at radius 2 is 2.17 bits per heavy atom. The normalized spacial score (nSPS) is 27.8. The van der Waals surface area contributed by atoms with Crippen molar-refractivity contribution in [2.75, 3.05) is 0 Å². The van der Waals surface area contributed by atoms with Crippen LogP contribution in [-0.2, 0) is 9.59 Å². The number of rotatable bonds is 3. The molecular formula is C12H12BrNO4.